The van der Waals surface area contributed by atoms with Gasteiger partial charge in [0.1, 0.15) is 4.90 Å². The smallest absolute Gasteiger partial charge is 0.244 e. The molecular formula is C21H23Cl2N3O4S. The Morgan fingerprint density at radius 3 is 2.32 bits per heavy atom. The van der Waals surface area contributed by atoms with Crippen LogP contribution in [0.1, 0.15) is 37.8 Å². The molecule has 0 saturated carbocycles. The maximum absolute atomic E-state index is 12.9. The molecule has 1 aliphatic rings. The summed E-state index contributed by atoms with van der Waals surface area (Å²) in [4.78, 5) is 24.2. The molecule has 1 unspecified atom stereocenters. The van der Waals surface area contributed by atoms with Crippen molar-refractivity contribution in [3.63, 3.8) is 0 Å². The van der Waals surface area contributed by atoms with E-state index in [1.165, 1.54) is 23.4 Å². The second-order valence-corrected chi connectivity index (χ2v) is 10.1. The van der Waals surface area contributed by atoms with Crippen LogP contribution in [0.3, 0.4) is 0 Å². The number of halogens is 2. The van der Waals surface area contributed by atoms with E-state index < -0.39 is 16.1 Å². The summed E-state index contributed by atoms with van der Waals surface area (Å²) in [6, 6.07) is 10.6. The molecule has 0 bridgehead atoms. The number of nitrogens with zero attached hydrogens (tertiary/aromatic N) is 1. The van der Waals surface area contributed by atoms with Crippen LogP contribution in [0.25, 0.3) is 0 Å². The van der Waals surface area contributed by atoms with E-state index in [4.69, 9.17) is 23.2 Å². The zero-order chi connectivity index (χ0) is 22.6. The maximum Gasteiger partial charge on any atom is 0.244 e. The fourth-order valence-electron chi connectivity index (χ4n) is 3.44. The molecule has 1 aliphatic heterocycles. The molecule has 1 heterocycles. The zero-order valence-electron chi connectivity index (χ0n) is 16.9. The number of hydrogen-bond donors (Lipinski definition) is 2. The molecule has 0 aromatic heterocycles. The van der Waals surface area contributed by atoms with E-state index in [0.29, 0.717) is 23.8 Å². The highest BCUT2D eigenvalue weighted by atomic mass is 35.5. The molecule has 7 nitrogen and oxygen atoms in total. The average Bonchev–Trinajstić information content (AvgIpc) is 3.25. The Morgan fingerprint density at radius 2 is 1.71 bits per heavy atom. The van der Waals surface area contributed by atoms with E-state index in [2.05, 4.69) is 10.6 Å². The summed E-state index contributed by atoms with van der Waals surface area (Å²) < 4.78 is 27.1. The number of benzene rings is 2. The Balaban J connectivity index is 1.77. The van der Waals surface area contributed by atoms with Crippen LogP contribution in [-0.2, 0) is 19.6 Å². The summed E-state index contributed by atoms with van der Waals surface area (Å²) in [5.74, 6) is -0.668. The topological polar surface area (TPSA) is 95.6 Å². The van der Waals surface area contributed by atoms with Crippen molar-refractivity contribution in [1.82, 2.24) is 9.62 Å². The third-order valence-corrected chi connectivity index (χ3v) is 7.57. The Kier molecular flexibility index (Phi) is 7.59. The third kappa shape index (κ3) is 5.98. The van der Waals surface area contributed by atoms with E-state index >= 15 is 0 Å². The number of anilines is 1. The molecule has 2 aromatic carbocycles. The molecule has 0 spiro atoms. The summed E-state index contributed by atoms with van der Waals surface area (Å²) in [5, 5.41) is 6.09. The van der Waals surface area contributed by atoms with Gasteiger partial charge in [-0.3, -0.25) is 9.59 Å². The van der Waals surface area contributed by atoms with Crippen molar-refractivity contribution in [2.75, 3.05) is 18.4 Å². The van der Waals surface area contributed by atoms with Gasteiger partial charge < -0.3 is 10.6 Å². The lowest BCUT2D eigenvalue weighted by Gasteiger charge is -2.19. The van der Waals surface area contributed by atoms with Crippen LogP contribution in [0, 0.1) is 0 Å². The van der Waals surface area contributed by atoms with Gasteiger partial charge in [-0.1, -0.05) is 35.3 Å². The van der Waals surface area contributed by atoms with E-state index in [9.17, 15) is 18.0 Å². The second kappa shape index (κ2) is 9.99. The Morgan fingerprint density at radius 1 is 1.06 bits per heavy atom. The number of carbonyl (C=O) groups is 2. The Bertz CT molecular complexity index is 1070. The van der Waals surface area contributed by atoms with Crippen molar-refractivity contribution in [3.8, 4) is 0 Å². The first-order valence-corrected chi connectivity index (χ1v) is 12.0. The van der Waals surface area contributed by atoms with E-state index in [1.54, 1.807) is 30.3 Å². The molecule has 2 amide bonds. The summed E-state index contributed by atoms with van der Waals surface area (Å²) in [6.45, 7) is 2.28. The van der Waals surface area contributed by atoms with Gasteiger partial charge in [-0.25, -0.2) is 8.42 Å². The molecule has 2 aromatic rings. The monoisotopic (exact) mass is 483 g/mol. The summed E-state index contributed by atoms with van der Waals surface area (Å²) >= 11 is 12.1. The highest BCUT2D eigenvalue weighted by Crippen LogP contribution is 2.30. The van der Waals surface area contributed by atoms with E-state index in [1.807, 2.05) is 0 Å². The molecule has 1 fully saturated rings. The van der Waals surface area contributed by atoms with Gasteiger partial charge >= 0.3 is 0 Å². The lowest BCUT2D eigenvalue weighted by Crippen LogP contribution is -2.30. The normalized spacial score (nSPS) is 15.5. The molecule has 0 aliphatic carbocycles. The quantitative estimate of drug-likeness (QED) is 0.622. The van der Waals surface area contributed by atoms with Gasteiger partial charge in [-0.15, -0.1) is 0 Å². The predicted molar refractivity (Wildman–Crippen MR) is 121 cm³/mol. The minimum Gasteiger partial charge on any atom is -0.349 e. The SMILES string of the molecule is CC(=O)NC(CC(=O)Nc1ccc(Cl)c(S(=O)(=O)N2CCCC2)c1)c1ccc(Cl)cc1. The van der Waals surface area contributed by atoms with Crippen molar-refractivity contribution >= 4 is 50.7 Å². The summed E-state index contributed by atoms with van der Waals surface area (Å²) in [7, 11) is -3.73. The van der Waals surface area contributed by atoms with Crippen molar-refractivity contribution in [1.29, 1.82) is 0 Å². The number of sulfonamides is 1. The van der Waals surface area contributed by atoms with Crippen molar-refractivity contribution in [2.45, 2.75) is 37.1 Å². The minimum absolute atomic E-state index is 0.0371. The van der Waals surface area contributed by atoms with Crippen LogP contribution in [0.15, 0.2) is 47.4 Å². The molecule has 166 valence electrons. The number of nitrogens with one attached hydrogen (secondary N) is 2. The molecule has 1 atom stereocenters. The van der Waals surface area contributed by atoms with Crippen LogP contribution in [-0.4, -0.2) is 37.6 Å². The van der Waals surface area contributed by atoms with Gasteiger partial charge in [0.15, 0.2) is 0 Å². The van der Waals surface area contributed by atoms with E-state index in [0.717, 1.165) is 18.4 Å². The van der Waals surface area contributed by atoms with E-state index in [-0.39, 0.29) is 28.2 Å². The van der Waals surface area contributed by atoms with Crippen LogP contribution >= 0.6 is 23.2 Å². The highest BCUT2D eigenvalue weighted by molar-refractivity contribution is 7.89. The highest BCUT2D eigenvalue weighted by Gasteiger charge is 2.29. The predicted octanol–water partition coefficient (Wildman–Crippen LogP) is 3.98. The van der Waals surface area contributed by atoms with Crippen molar-refractivity contribution in [3.05, 3.63) is 58.1 Å². The third-order valence-electron chi connectivity index (χ3n) is 4.94. The largest absolute Gasteiger partial charge is 0.349 e. The zero-order valence-corrected chi connectivity index (χ0v) is 19.2. The first kappa shape index (κ1) is 23.5. The standard InChI is InChI=1S/C21H23Cl2N3O4S/c1-14(27)24-19(15-4-6-16(22)7-5-15)13-21(28)25-17-8-9-18(23)20(12-17)31(29,30)26-10-2-3-11-26/h4-9,12,19H,2-3,10-11,13H2,1H3,(H,24,27)(H,25,28). The lowest BCUT2D eigenvalue weighted by atomic mass is 10.0. The Hall–Kier alpha value is -2.13. The Labute approximate surface area is 191 Å². The number of rotatable bonds is 7. The summed E-state index contributed by atoms with van der Waals surface area (Å²) in [5.41, 5.74) is 1.04. The first-order valence-electron chi connectivity index (χ1n) is 9.79. The van der Waals surface area contributed by atoms with Crippen LogP contribution in [0.2, 0.25) is 10.0 Å². The van der Waals surface area contributed by atoms with Crippen LogP contribution in [0.4, 0.5) is 5.69 Å². The molecular weight excluding hydrogens is 461 g/mol. The fraction of sp³-hybridized carbons (Fsp3) is 0.333. The van der Waals surface area contributed by atoms with Gasteiger partial charge in [-0.2, -0.15) is 4.31 Å². The molecule has 2 N–H and O–H groups in total. The van der Waals surface area contributed by atoms with Gasteiger partial charge in [0.2, 0.25) is 21.8 Å². The minimum atomic E-state index is -3.73. The van der Waals surface area contributed by atoms with Crippen molar-refractivity contribution in [2.24, 2.45) is 0 Å². The molecule has 3 rings (SSSR count). The second-order valence-electron chi connectivity index (χ2n) is 7.31. The van der Waals surface area contributed by atoms with Gasteiger partial charge in [0.25, 0.3) is 0 Å². The number of carbonyl (C=O) groups excluding carboxylic acids is 2. The first-order chi connectivity index (χ1) is 14.7. The molecule has 0 radical (unpaired) electrons. The molecule has 10 heteroatoms. The molecule has 1 saturated heterocycles. The van der Waals surface area contributed by atoms with Gasteiger partial charge in [0.05, 0.1) is 17.5 Å². The van der Waals surface area contributed by atoms with Crippen molar-refractivity contribution < 1.29 is 18.0 Å². The fourth-order valence-corrected chi connectivity index (χ4v) is 5.58. The van der Waals surface area contributed by atoms with Gasteiger partial charge in [0, 0.05) is 30.7 Å². The maximum atomic E-state index is 12.9. The van der Waals surface area contributed by atoms with Crippen LogP contribution < -0.4 is 10.6 Å². The van der Waals surface area contributed by atoms with Gasteiger partial charge in [-0.05, 0) is 48.7 Å². The molecule has 31 heavy (non-hydrogen) atoms. The number of amides is 2. The lowest BCUT2D eigenvalue weighted by molar-refractivity contribution is -0.120. The average molecular weight is 484 g/mol. The summed E-state index contributed by atoms with van der Waals surface area (Å²) in [6.07, 6.45) is 1.57. The van der Waals surface area contributed by atoms with Crippen LogP contribution in [0.5, 0.6) is 0 Å². The number of hydrogen-bond acceptors (Lipinski definition) is 4.